The topological polar surface area (TPSA) is 49.4 Å². The first-order valence-electron chi connectivity index (χ1n) is 8.24. The molecule has 1 heterocycles. The third kappa shape index (κ3) is 2.13. The molecular weight excluding hydrogens is 252 g/mol. The minimum atomic E-state index is -0.579. The van der Waals surface area contributed by atoms with Gasteiger partial charge in [0.05, 0.1) is 0 Å². The molecule has 112 valence electrons. The number of amides is 2. The van der Waals surface area contributed by atoms with Crippen LogP contribution in [0.1, 0.15) is 65.2 Å². The number of piperazine rings is 1. The molecule has 0 bridgehead atoms. The van der Waals surface area contributed by atoms with Gasteiger partial charge in [0.15, 0.2) is 0 Å². The molecule has 2 amide bonds. The molecule has 0 radical (unpaired) electrons. The highest BCUT2D eigenvalue weighted by Gasteiger charge is 2.55. The lowest BCUT2D eigenvalue weighted by Crippen LogP contribution is -2.72. The Morgan fingerprint density at radius 3 is 2.45 bits per heavy atom. The third-order valence-corrected chi connectivity index (χ3v) is 5.42. The Morgan fingerprint density at radius 2 is 1.90 bits per heavy atom. The summed E-state index contributed by atoms with van der Waals surface area (Å²) < 4.78 is 0. The van der Waals surface area contributed by atoms with Gasteiger partial charge >= 0.3 is 0 Å². The average molecular weight is 278 g/mol. The molecule has 1 N–H and O–H groups in total. The Bertz CT molecular complexity index is 411. The maximum absolute atomic E-state index is 13.1. The first-order valence-corrected chi connectivity index (χ1v) is 8.24. The van der Waals surface area contributed by atoms with Crippen LogP contribution >= 0.6 is 0 Å². The highest BCUT2D eigenvalue weighted by molar-refractivity contribution is 6.00. The zero-order chi connectivity index (χ0) is 14.3. The van der Waals surface area contributed by atoms with E-state index in [4.69, 9.17) is 0 Å². The molecule has 1 spiro atoms. The lowest BCUT2D eigenvalue weighted by atomic mass is 9.77. The van der Waals surface area contributed by atoms with E-state index in [1.54, 1.807) is 0 Å². The summed E-state index contributed by atoms with van der Waals surface area (Å²) in [5.41, 5.74) is -0.579. The second kappa shape index (κ2) is 5.05. The van der Waals surface area contributed by atoms with Gasteiger partial charge in [0.2, 0.25) is 11.8 Å². The van der Waals surface area contributed by atoms with E-state index in [0.29, 0.717) is 5.92 Å². The molecule has 4 nitrogen and oxygen atoms in total. The number of nitrogens with zero attached hydrogens (tertiary/aromatic N) is 1. The molecule has 0 aromatic carbocycles. The Morgan fingerprint density at radius 1 is 1.25 bits per heavy atom. The Balaban J connectivity index is 1.91. The molecule has 3 aliphatic rings. The largest absolute Gasteiger partial charge is 0.340 e. The van der Waals surface area contributed by atoms with Crippen molar-refractivity contribution in [2.24, 2.45) is 5.92 Å². The second-order valence-corrected chi connectivity index (χ2v) is 6.88. The van der Waals surface area contributed by atoms with Crippen LogP contribution in [0.3, 0.4) is 0 Å². The molecule has 0 aromatic heterocycles. The molecule has 1 aliphatic heterocycles. The van der Waals surface area contributed by atoms with Crippen molar-refractivity contribution < 1.29 is 9.59 Å². The minimum absolute atomic E-state index is 0.106. The summed E-state index contributed by atoms with van der Waals surface area (Å²) in [5.74, 6) is 0.700. The van der Waals surface area contributed by atoms with Crippen molar-refractivity contribution in [3.05, 3.63) is 0 Å². The van der Waals surface area contributed by atoms with Crippen molar-refractivity contribution in [1.29, 1.82) is 0 Å². The quantitative estimate of drug-likeness (QED) is 0.860. The van der Waals surface area contributed by atoms with Crippen LogP contribution in [-0.4, -0.2) is 34.3 Å². The van der Waals surface area contributed by atoms with Crippen molar-refractivity contribution >= 4 is 11.8 Å². The number of hydrogen-bond donors (Lipinski definition) is 1. The number of rotatable bonds is 3. The van der Waals surface area contributed by atoms with Crippen LogP contribution in [-0.2, 0) is 9.59 Å². The van der Waals surface area contributed by atoms with Crippen LogP contribution in [0, 0.1) is 5.92 Å². The summed E-state index contributed by atoms with van der Waals surface area (Å²) in [4.78, 5) is 27.7. The van der Waals surface area contributed by atoms with Gasteiger partial charge in [0.1, 0.15) is 11.6 Å². The molecule has 3 rings (SSSR count). The molecular formula is C16H26N2O2. The molecule has 2 atom stereocenters. The number of hydrogen-bond acceptors (Lipinski definition) is 2. The maximum Gasteiger partial charge on any atom is 0.249 e. The molecule has 2 saturated carbocycles. The van der Waals surface area contributed by atoms with Gasteiger partial charge in [0.25, 0.3) is 0 Å². The smallest absolute Gasteiger partial charge is 0.249 e. The molecule has 2 aliphatic carbocycles. The van der Waals surface area contributed by atoms with Crippen molar-refractivity contribution in [3.63, 3.8) is 0 Å². The number of nitrogens with one attached hydrogen (secondary N) is 1. The van der Waals surface area contributed by atoms with E-state index in [0.717, 1.165) is 44.9 Å². The molecule has 2 unspecified atom stereocenters. The zero-order valence-electron chi connectivity index (χ0n) is 12.7. The van der Waals surface area contributed by atoms with Gasteiger partial charge in [-0.3, -0.25) is 9.59 Å². The van der Waals surface area contributed by atoms with Gasteiger partial charge in [-0.2, -0.15) is 0 Å². The minimum Gasteiger partial charge on any atom is -0.340 e. The van der Waals surface area contributed by atoms with Crippen LogP contribution in [0.4, 0.5) is 0 Å². The predicted octanol–water partition coefficient (Wildman–Crippen LogP) is 2.22. The SMILES string of the molecule is CCC(C)N1C(=O)C2(CCCCC2)NC(=O)C1C1CC1. The van der Waals surface area contributed by atoms with E-state index in [2.05, 4.69) is 19.2 Å². The Kier molecular flexibility index (Phi) is 3.51. The summed E-state index contributed by atoms with van der Waals surface area (Å²) >= 11 is 0. The summed E-state index contributed by atoms with van der Waals surface area (Å²) in [7, 11) is 0. The normalized spacial score (nSPS) is 31.3. The van der Waals surface area contributed by atoms with E-state index in [-0.39, 0.29) is 23.9 Å². The summed E-state index contributed by atoms with van der Waals surface area (Å²) in [5, 5.41) is 3.13. The van der Waals surface area contributed by atoms with E-state index in [1.165, 1.54) is 6.42 Å². The van der Waals surface area contributed by atoms with Crippen LogP contribution in [0.5, 0.6) is 0 Å². The summed E-state index contributed by atoms with van der Waals surface area (Å²) in [6, 6.07) is -0.0389. The van der Waals surface area contributed by atoms with Gasteiger partial charge in [-0.1, -0.05) is 26.2 Å². The van der Waals surface area contributed by atoms with Gasteiger partial charge in [0, 0.05) is 6.04 Å². The predicted molar refractivity (Wildman–Crippen MR) is 77.1 cm³/mol. The molecule has 4 heteroatoms. The van der Waals surface area contributed by atoms with Crippen molar-refractivity contribution in [3.8, 4) is 0 Å². The molecule has 0 aromatic rings. The molecule has 20 heavy (non-hydrogen) atoms. The first kappa shape index (κ1) is 13.9. The van der Waals surface area contributed by atoms with Crippen molar-refractivity contribution in [2.45, 2.75) is 82.8 Å². The van der Waals surface area contributed by atoms with E-state index < -0.39 is 5.54 Å². The second-order valence-electron chi connectivity index (χ2n) is 6.88. The fraction of sp³-hybridized carbons (Fsp3) is 0.875. The monoisotopic (exact) mass is 278 g/mol. The summed E-state index contributed by atoms with van der Waals surface area (Å²) in [6.45, 7) is 4.18. The Hall–Kier alpha value is -1.06. The number of carbonyl (C=O) groups excluding carboxylic acids is 2. The van der Waals surface area contributed by atoms with Crippen LogP contribution < -0.4 is 5.32 Å². The zero-order valence-corrected chi connectivity index (χ0v) is 12.7. The average Bonchev–Trinajstić information content (AvgIpc) is 3.27. The van der Waals surface area contributed by atoms with Crippen LogP contribution in [0.15, 0.2) is 0 Å². The molecule has 1 saturated heterocycles. The lowest BCUT2D eigenvalue weighted by Gasteiger charge is -2.49. The van der Waals surface area contributed by atoms with Gasteiger partial charge < -0.3 is 10.2 Å². The van der Waals surface area contributed by atoms with E-state index in [1.807, 2.05) is 4.90 Å². The standard InChI is InChI=1S/C16H26N2O2/c1-3-11(2)18-13(12-7-8-12)14(19)17-16(15(18)20)9-5-4-6-10-16/h11-13H,3-10H2,1-2H3,(H,17,19). The fourth-order valence-electron chi connectivity index (χ4n) is 3.88. The Labute approximate surface area is 121 Å². The van der Waals surface area contributed by atoms with Gasteiger partial charge in [-0.15, -0.1) is 0 Å². The van der Waals surface area contributed by atoms with E-state index in [9.17, 15) is 9.59 Å². The first-order chi connectivity index (χ1) is 9.59. The number of carbonyl (C=O) groups is 2. The maximum atomic E-state index is 13.1. The third-order valence-electron chi connectivity index (χ3n) is 5.42. The summed E-state index contributed by atoms with van der Waals surface area (Å²) in [6.07, 6.45) is 8.02. The fourth-order valence-corrected chi connectivity index (χ4v) is 3.88. The van der Waals surface area contributed by atoms with Gasteiger partial charge in [-0.05, 0) is 44.9 Å². The van der Waals surface area contributed by atoms with Crippen LogP contribution in [0.2, 0.25) is 0 Å². The van der Waals surface area contributed by atoms with Crippen molar-refractivity contribution in [2.75, 3.05) is 0 Å². The van der Waals surface area contributed by atoms with Crippen LogP contribution in [0.25, 0.3) is 0 Å². The van der Waals surface area contributed by atoms with E-state index >= 15 is 0 Å². The van der Waals surface area contributed by atoms with Crippen molar-refractivity contribution in [1.82, 2.24) is 10.2 Å². The van der Waals surface area contributed by atoms with Gasteiger partial charge in [-0.25, -0.2) is 0 Å². The highest BCUT2D eigenvalue weighted by Crippen LogP contribution is 2.42. The lowest BCUT2D eigenvalue weighted by molar-refractivity contribution is -0.160. The highest BCUT2D eigenvalue weighted by atomic mass is 16.2. The molecule has 3 fully saturated rings.